The van der Waals surface area contributed by atoms with E-state index < -0.39 is 0 Å². The molecule has 3 aromatic rings. The van der Waals surface area contributed by atoms with Gasteiger partial charge < -0.3 is 10.2 Å². The smallest absolute Gasteiger partial charge is 0.272 e. The van der Waals surface area contributed by atoms with Crippen molar-refractivity contribution in [3.63, 3.8) is 0 Å². The lowest BCUT2D eigenvalue weighted by molar-refractivity contribution is 0.0731. The molecular formula is C23H23ClN4O2. The van der Waals surface area contributed by atoms with Gasteiger partial charge >= 0.3 is 0 Å². The summed E-state index contributed by atoms with van der Waals surface area (Å²) in [4.78, 5) is 27.3. The van der Waals surface area contributed by atoms with Gasteiger partial charge in [-0.25, -0.2) is 0 Å². The molecule has 0 bridgehead atoms. The molecule has 2 N–H and O–H groups in total. The Morgan fingerprint density at radius 2 is 1.87 bits per heavy atom. The summed E-state index contributed by atoms with van der Waals surface area (Å²) in [6, 6.07) is 17.2. The van der Waals surface area contributed by atoms with E-state index in [1.807, 2.05) is 18.2 Å². The van der Waals surface area contributed by atoms with Crippen LogP contribution >= 0.6 is 11.6 Å². The molecule has 7 heteroatoms. The van der Waals surface area contributed by atoms with Crippen LogP contribution in [0.5, 0.6) is 0 Å². The van der Waals surface area contributed by atoms with Crippen LogP contribution in [-0.4, -0.2) is 40.0 Å². The van der Waals surface area contributed by atoms with E-state index in [2.05, 4.69) is 27.6 Å². The minimum absolute atomic E-state index is 0.137. The molecule has 0 fully saturated rings. The quantitative estimate of drug-likeness (QED) is 0.595. The van der Waals surface area contributed by atoms with Gasteiger partial charge in [0.25, 0.3) is 11.8 Å². The second-order valence-corrected chi connectivity index (χ2v) is 7.74. The molecule has 2 heterocycles. The lowest BCUT2D eigenvalue weighted by Crippen LogP contribution is -2.37. The molecule has 30 heavy (non-hydrogen) atoms. The van der Waals surface area contributed by atoms with Crippen molar-refractivity contribution < 1.29 is 9.59 Å². The highest BCUT2D eigenvalue weighted by molar-refractivity contribution is 6.33. The van der Waals surface area contributed by atoms with Crippen LogP contribution in [0.25, 0.3) is 0 Å². The number of carbonyl (C=O) groups excluding carboxylic acids is 2. The number of H-pyrrole nitrogens is 1. The maximum Gasteiger partial charge on any atom is 0.272 e. The number of hydrogen-bond donors (Lipinski definition) is 2. The molecule has 1 aliphatic heterocycles. The number of nitrogens with zero attached hydrogens (tertiary/aromatic N) is 2. The van der Waals surface area contributed by atoms with Gasteiger partial charge in [0, 0.05) is 30.8 Å². The number of rotatable bonds is 6. The summed E-state index contributed by atoms with van der Waals surface area (Å²) in [5.74, 6) is -0.353. The molecule has 0 atom stereocenters. The van der Waals surface area contributed by atoms with Crippen LogP contribution in [0.15, 0.2) is 54.6 Å². The minimum atomic E-state index is -0.215. The molecule has 4 rings (SSSR count). The molecule has 0 spiro atoms. The van der Waals surface area contributed by atoms with Gasteiger partial charge in [0.1, 0.15) is 0 Å². The molecule has 1 aromatic heterocycles. The number of nitrogens with one attached hydrogen (secondary N) is 2. The van der Waals surface area contributed by atoms with E-state index in [9.17, 15) is 9.59 Å². The van der Waals surface area contributed by atoms with Crippen molar-refractivity contribution in [2.45, 2.75) is 25.8 Å². The van der Waals surface area contributed by atoms with Crippen molar-refractivity contribution in [1.29, 1.82) is 0 Å². The monoisotopic (exact) mass is 422 g/mol. The number of aryl methyl sites for hydroxylation is 1. The van der Waals surface area contributed by atoms with E-state index in [-0.39, 0.29) is 11.8 Å². The number of aromatic amines is 1. The first-order valence-corrected chi connectivity index (χ1v) is 10.4. The number of fused-ring (bicyclic) bond motifs is 1. The predicted molar refractivity (Wildman–Crippen MR) is 116 cm³/mol. The van der Waals surface area contributed by atoms with E-state index in [1.54, 1.807) is 29.2 Å². The summed E-state index contributed by atoms with van der Waals surface area (Å²) in [5.41, 5.74) is 3.77. The second kappa shape index (κ2) is 9.13. The van der Waals surface area contributed by atoms with Gasteiger partial charge in [-0.15, -0.1) is 0 Å². The van der Waals surface area contributed by atoms with Crippen molar-refractivity contribution in [3.05, 3.63) is 87.7 Å². The number of hydrogen-bond acceptors (Lipinski definition) is 3. The average Bonchev–Trinajstić information content (AvgIpc) is 3.20. The molecule has 0 aliphatic carbocycles. The van der Waals surface area contributed by atoms with Crippen LogP contribution in [0.2, 0.25) is 5.02 Å². The summed E-state index contributed by atoms with van der Waals surface area (Å²) < 4.78 is 0. The molecule has 154 valence electrons. The van der Waals surface area contributed by atoms with E-state index in [1.165, 1.54) is 5.56 Å². The van der Waals surface area contributed by atoms with Crippen molar-refractivity contribution in [2.24, 2.45) is 0 Å². The molecule has 0 saturated heterocycles. The Hall–Kier alpha value is -3.12. The van der Waals surface area contributed by atoms with Crippen LogP contribution in [-0.2, 0) is 19.4 Å². The highest BCUT2D eigenvalue weighted by Crippen LogP contribution is 2.24. The Balaban J connectivity index is 1.38. The lowest BCUT2D eigenvalue weighted by Gasteiger charge is -2.27. The molecule has 0 unspecified atom stereocenters. The third-order valence-corrected chi connectivity index (χ3v) is 5.64. The summed E-state index contributed by atoms with van der Waals surface area (Å²) in [7, 11) is 0. The molecule has 2 aromatic carbocycles. The number of halogens is 1. The van der Waals surface area contributed by atoms with Crippen LogP contribution < -0.4 is 5.32 Å². The van der Waals surface area contributed by atoms with Crippen molar-refractivity contribution in [3.8, 4) is 0 Å². The normalized spacial score (nSPS) is 13.0. The largest absolute Gasteiger partial charge is 0.351 e. The van der Waals surface area contributed by atoms with Crippen LogP contribution in [0, 0.1) is 0 Å². The minimum Gasteiger partial charge on any atom is -0.351 e. The summed E-state index contributed by atoms with van der Waals surface area (Å²) in [5, 5.41) is 10.5. The maximum atomic E-state index is 12.9. The summed E-state index contributed by atoms with van der Waals surface area (Å²) in [6.07, 6.45) is 2.37. The number of aromatic nitrogens is 2. The zero-order chi connectivity index (χ0) is 20.9. The maximum absolute atomic E-state index is 12.9. The fourth-order valence-electron chi connectivity index (χ4n) is 3.68. The van der Waals surface area contributed by atoms with Gasteiger partial charge in [0.05, 0.1) is 17.1 Å². The first-order chi connectivity index (χ1) is 14.6. The standard InChI is InChI=1S/C23H23ClN4O2/c24-19-11-5-4-10-17(19)23(30)28-14-12-20-18(15-28)21(27-26-20)22(29)25-13-6-9-16-7-2-1-3-8-16/h1-5,7-8,10-11H,6,9,12-15H2,(H,25,29)(H,26,27). The molecule has 2 amide bonds. The highest BCUT2D eigenvalue weighted by atomic mass is 35.5. The van der Waals surface area contributed by atoms with Crippen molar-refractivity contribution >= 4 is 23.4 Å². The Bertz CT molecular complexity index is 1050. The Kier molecular flexibility index (Phi) is 6.14. The Labute approximate surface area is 180 Å². The topological polar surface area (TPSA) is 78.1 Å². The molecule has 0 radical (unpaired) electrons. The lowest BCUT2D eigenvalue weighted by atomic mass is 10.0. The van der Waals surface area contributed by atoms with E-state index in [4.69, 9.17) is 11.6 Å². The SMILES string of the molecule is O=C(NCCCc1ccccc1)c1n[nH]c2c1CN(C(=O)c1ccccc1Cl)CC2. The van der Waals surface area contributed by atoms with Gasteiger partial charge in [-0.05, 0) is 30.5 Å². The van der Waals surface area contributed by atoms with Crippen LogP contribution in [0.1, 0.15) is 44.1 Å². The summed E-state index contributed by atoms with van der Waals surface area (Å²) >= 11 is 6.18. The van der Waals surface area contributed by atoms with Crippen LogP contribution in [0.4, 0.5) is 0 Å². The van der Waals surface area contributed by atoms with Crippen molar-refractivity contribution in [2.75, 3.05) is 13.1 Å². The van der Waals surface area contributed by atoms with E-state index in [0.29, 0.717) is 42.3 Å². The fourth-order valence-corrected chi connectivity index (χ4v) is 3.90. The van der Waals surface area contributed by atoms with Gasteiger partial charge in [-0.1, -0.05) is 54.1 Å². The molecular weight excluding hydrogens is 400 g/mol. The first kappa shape index (κ1) is 20.2. The Morgan fingerprint density at radius 1 is 1.10 bits per heavy atom. The fraction of sp³-hybridized carbons (Fsp3) is 0.261. The summed E-state index contributed by atoms with van der Waals surface area (Å²) in [6.45, 7) is 1.46. The Morgan fingerprint density at radius 3 is 2.67 bits per heavy atom. The third kappa shape index (κ3) is 4.39. The zero-order valence-electron chi connectivity index (χ0n) is 16.5. The number of amides is 2. The van der Waals surface area contributed by atoms with Gasteiger partial charge in [-0.2, -0.15) is 5.10 Å². The van der Waals surface area contributed by atoms with E-state index >= 15 is 0 Å². The molecule has 6 nitrogen and oxygen atoms in total. The second-order valence-electron chi connectivity index (χ2n) is 7.33. The first-order valence-electron chi connectivity index (χ1n) is 10.1. The van der Waals surface area contributed by atoms with Gasteiger partial charge in [-0.3, -0.25) is 14.7 Å². The number of carbonyl (C=O) groups is 2. The zero-order valence-corrected chi connectivity index (χ0v) is 17.3. The van der Waals surface area contributed by atoms with Crippen LogP contribution in [0.3, 0.4) is 0 Å². The third-order valence-electron chi connectivity index (χ3n) is 5.31. The highest BCUT2D eigenvalue weighted by Gasteiger charge is 2.28. The average molecular weight is 423 g/mol. The molecule has 1 aliphatic rings. The molecule has 0 saturated carbocycles. The van der Waals surface area contributed by atoms with Gasteiger partial charge in [0.2, 0.25) is 0 Å². The number of benzene rings is 2. The van der Waals surface area contributed by atoms with E-state index in [0.717, 1.165) is 24.1 Å². The predicted octanol–water partition coefficient (Wildman–Crippen LogP) is 3.62. The van der Waals surface area contributed by atoms with Gasteiger partial charge in [0.15, 0.2) is 5.69 Å². The van der Waals surface area contributed by atoms with Crippen molar-refractivity contribution in [1.82, 2.24) is 20.4 Å².